The van der Waals surface area contributed by atoms with Crippen LogP contribution < -0.4 is 5.84 Å². The van der Waals surface area contributed by atoms with Crippen LogP contribution in [0.5, 0.6) is 0 Å². The van der Waals surface area contributed by atoms with Crippen molar-refractivity contribution in [3.8, 4) is 11.4 Å². The van der Waals surface area contributed by atoms with Crippen molar-refractivity contribution in [3.63, 3.8) is 0 Å². The maximum Gasteiger partial charge on any atom is 0.210 e. The van der Waals surface area contributed by atoms with Gasteiger partial charge in [0.15, 0.2) is 5.82 Å². The Bertz CT molecular complexity index is 1040. The minimum absolute atomic E-state index is 0.302. The second-order valence-electron chi connectivity index (χ2n) is 5.63. The molecule has 0 unspecified atom stereocenters. The summed E-state index contributed by atoms with van der Waals surface area (Å²) in [5.74, 6) is 6.90. The number of nitrogen functional groups attached to an aromatic ring is 1. The van der Waals surface area contributed by atoms with Gasteiger partial charge in [0.05, 0.1) is 5.69 Å². The Labute approximate surface area is 147 Å². The molecule has 0 aliphatic carbocycles. The van der Waals surface area contributed by atoms with Crippen LogP contribution in [0.15, 0.2) is 53.9 Å². The zero-order valence-corrected chi connectivity index (χ0v) is 14.2. The Balaban J connectivity index is 1.55. The largest absolute Gasteiger partial charge is 0.335 e. The molecule has 1 aromatic carbocycles. The number of hydrogen-bond donors (Lipinski definition) is 1. The summed E-state index contributed by atoms with van der Waals surface area (Å²) in [6, 6.07) is 10.0. The molecule has 8 heteroatoms. The van der Waals surface area contributed by atoms with Gasteiger partial charge in [-0.25, -0.2) is 14.1 Å². The average Bonchev–Trinajstić information content (AvgIpc) is 3.18. The first-order valence-electron chi connectivity index (χ1n) is 7.64. The summed E-state index contributed by atoms with van der Waals surface area (Å²) in [5, 5.41) is 8.80. The van der Waals surface area contributed by atoms with Gasteiger partial charge in [-0.2, -0.15) is 0 Å². The maximum atomic E-state index is 13.0. The summed E-state index contributed by atoms with van der Waals surface area (Å²) in [6.45, 7) is 2.03. The molecule has 25 heavy (non-hydrogen) atoms. The lowest BCUT2D eigenvalue weighted by Gasteiger charge is -2.03. The van der Waals surface area contributed by atoms with Gasteiger partial charge >= 0.3 is 0 Å². The predicted molar refractivity (Wildman–Crippen MR) is 95.1 cm³/mol. The van der Waals surface area contributed by atoms with E-state index in [0.29, 0.717) is 22.3 Å². The molecular formula is C17H15FN6S. The van der Waals surface area contributed by atoms with E-state index < -0.39 is 0 Å². The van der Waals surface area contributed by atoms with E-state index in [9.17, 15) is 4.39 Å². The molecule has 4 rings (SSSR count). The molecule has 0 radical (unpaired) electrons. The highest BCUT2D eigenvalue weighted by Gasteiger charge is 2.13. The van der Waals surface area contributed by atoms with E-state index in [0.717, 1.165) is 16.9 Å². The molecule has 0 bridgehead atoms. The number of hydrogen-bond acceptors (Lipinski definition) is 5. The number of pyridine rings is 1. The van der Waals surface area contributed by atoms with Gasteiger partial charge in [0.2, 0.25) is 5.16 Å². The summed E-state index contributed by atoms with van der Waals surface area (Å²) in [7, 11) is 0. The van der Waals surface area contributed by atoms with E-state index in [1.54, 1.807) is 12.1 Å². The van der Waals surface area contributed by atoms with Crippen molar-refractivity contribution in [2.75, 3.05) is 5.84 Å². The standard InChI is InChI=1S/C17H15FN6S/c1-11-3-2-8-23-9-14(20-15(11)23)10-25-17-22-21-16(24(17)19)12-4-6-13(18)7-5-12/h2-9H,10,19H2,1H3. The third kappa shape index (κ3) is 2.96. The Hall–Kier alpha value is -2.87. The van der Waals surface area contributed by atoms with Crippen molar-refractivity contribution in [1.82, 2.24) is 24.3 Å². The van der Waals surface area contributed by atoms with E-state index in [1.807, 2.05) is 35.9 Å². The number of imidazole rings is 1. The molecule has 0 amide bonds. The van der Waals surface area contributed by atoms with Crippen molar-refractivity contribution in [3.05, 3.63) is 65.9 Å². The summed E-state index contributed by atoms with van der Waals surface area (Å²) in [6.07, 6.45) is 3.97. The first kappa shape index (κ1) is 15.6. The summed E-state index contributed by atoms with van der Waals surface area (Å²) in [4.78, 5) is 4.63. The molecule has 0 atom stereocenters. The highest BCUT2D eigenvalue weighted by atomic mass is 32.2. The first-order chi connectivity index (χ1) is 12.1. The number of aromatic nitrogens is 5. The van der Waals surface area contributed by atoms with Crippen LogP contribution in [0.3, 0.4) is 0 Å². The lowest BCUT2D eigenvalue weighted by Crippen LogP contribution is -2.11. The topological polar surface area (TPSA) is 74.0 Å². The molecule has 0 saturated heterocycles. The third-order valence-electron chi connectivity index (χ3n) is 3.84. The van der Waals surface area contributed by atoms with Crippen LogP contribution in [-0.2, 0) is 5.75 Å². The smallest absolute Gasteiger partial charge is 0.210 e. The van der Waals surface area contributed by atoms with Crippen molar-refractivity contribution < 1.29 is 4.39 Å². The van der Waals surface area contributed by atoms with Crippen LogP contribution in [0.25, 0.3) is 17.0 Å². The fourth-order valence-corrected chi connectivity index (χ4v) is 3.32. The lowest BCUT2D eigenvalue weighted by molar-refractivity contribution is 0.628. The van der Waals surface area contributed by atoms with Crippen LogP contribution >= 0.6 is 11.8 Å². The fourth-order valence-electron chi connectivity index (χ4n) is 2.58. The van der Waals surface area contributed by atoms with E-state index in [-0.39, 0.29) is 5.82 Å². The number of thioether (sulfide) groups is 1. The van der Waals surface area contributed by atoms with Gasteiger partial charge in [-0.1, -0.05) is 17.8 Å². The predicted octanol–water partition coefficient (Wildman–Crippen LogP) is 3.05. The van der Waals surface area contributed by atoms with Crippen molar-refractivity contribution in [2.24, 2.45) is 0 Å². The van der Waals surface area contributed by atoms with E-state index in [1.165, 1.54) is 28.6 Å². The molecule has 0 saturated carbocycles. The molecule has 2 N–H and O–H groups in total. The zero-order valence-electron chi connectivity index (χ0n) is 13.4. The van der Waals surface area contributed by atoms with Crippen molar-refractivity contribution in [2.45, 2.75) is 17.8 Å². The molecule has 4 aromatic rings. The molecule has 0 aliphatic rings. The molecule has 3 heterocycles. The number of rotatable bonds is 4. The highest BCUT2D eigenvalue weighted by Crippen LogP contribution is 2.24. The van der Waals surface area contributed by atoms with Crippen LogP contribution in [0.2, 0.25) is 0 Å². The highest BCUT2D eigenvalue weighted by molar-refractivity contribution is 7.98. The van der Waals surface area contributed by atoms with Crippen LogP contribution in [0.1, 0.15) is 11.3 Å². The second-order valence-corrected chi connectivity index (χ2v) is 6.57. The molecule has 0 fully saturated rings. The van der Waals surface area contributed by atoms with Crippen LogP contribution in [0, 0.1) is 12.7 Å². The van der Waals surface area contributed by atoms with Gasteiger partial charge in [0, 0.05) is 23.7 Å². The minimum Gasteiger partial charge on any atom is -0.335 e. The first-order valence-corrected chi connectivity index (χ1v) is 8.63. The van der Waals surface area contributed by atoms with E-state index >= 15 is 0 Å². The molecule has 0 spiro atoms. The second kappa shape index (κ2) is 6.21. The van der Waals surface area contributed by atoms with E-state index in [4.69, 9.17) is 5.84 Å². The zero-order chi connectivity index (χ0) is 17.4. The van der Waals surface area contributed by atoms with Gasteiger partial charge in [0.25, 0.3) is 0 Å². The van der Waals surface area contributed by atoms with Gasteiger partial charge < -0.3 is 10.2 Å². The van der Waals surface area contributed by atoms with Crippen LogP contribution in [0.4, 0.5) is 4.39 Å². The summed E-state index contributed by atoms with van der Waals surface area (Å²) in [5.41, 5.74) is 3.72. The Morgan fingerprint density at radius 3 is 2.72 bits per heavy atom. The van der Waals surface area contributed by atoms with Gasteiger partial charge in [-0.15, -0.1) is 10.2 Å². The monoisotopic (exact) mass is 354 g/mol. The van der Waals surface area contributed by atoms with Gasteiger partial charge in [0.1, 0.15) is 11.5 Å². The normalized spacial score (nSPS) is 11.3. The number of fused-ring (bicyclic) bond motifs is 1. The molecular weight excluding hydrogens is 339 g/mol. The lowest BCUT2D eigenvalue weighted by atomic mass is 10.2. The number of benzene rings is 1. The quantitative estimate of drug-likeness (QED) is 0.450. The van der Waals surface area contributed by atoms with Gasteiger partial charge in [-0.05, 0) is 42.8 Å². The number of nitrogens with two attached hydrogens (primary N) is 1. The Morgan fingerprint density at radius 2 is 1.96 bits per heavy atom. The Morgan fingerprint density at radius 1 is 1.16 bits per heavy atom. The third-order valence-corrected chi connectivity index (χ3v) is 4.82. The molecule has 0 aliphatic heterocycles. The molecule has 3 aromatic heterocycles. The number of nitrogens with zero attached hydrogens (tertiary/aromatic N) is 5. The van der Waals surface area contributed by atoms with Crippen LogP contribution in [-0.4, -0.2) is 24.3 Å². The van der Waals surface area contributed by atoms with Crippen molar-refractivity contribution in [1.29, 1.82) is 0 Å². The SMILES string of the molecule is Cc1cccn2cc(CSc3nnc(-c4ccc(F)cc4)n3N)nc12. The fraction of sp³-hybridized carbons (Fsp3) is 0.118. The maximum absolute atomic E-state index is 13.0. The van der Waals surface area contributed by atoms with Gasteiger partial charge in [-0.3, -0.25) is 0 Å². The molecule has 6 nitrogen and oxygen atoms in total. The minimum atomic E-state index is -0.302. The average molecular weight is 354 g/mol. The van der Waals surface area contributed by atoms with Crippen molar-refractivity contribution >= 4 is 17.4 Å². The summed E-state index contributed by atoms with van der Waals surface area (Å²) < 4.78 is 16.5. The summed E-state index contributed by atoms with van der Waals surface area (Å²) >= 11 is 1.45. The van der Waals surface area contributed by atoms with E-state index in [2.05, 4.69) is 15.2 Å². The molecule has 126 valence electrons. The number of halogens is 1. The number of aryl methyl sites for hydroxylation is 1. The Kier molecular flexibility index (Phi) is 3.89.